The predicted octanol–water partition coefficient (Wildman–Crippen LogP) is -1.06. The summed E-state index contributed by atoms with van der Waals surface area (Å²) in [7, 11) is 1.72. The van der Waals surface area contributed by atoms with E-state index in [2.05, 4.69) is 4.98 Å². The SMILES string of the molecule is Cn1ccnc(N2CCOC(CN)C2)c1=O. The van der Waals surface area contributed by atoms with E-state index in [9.17, 15) is 4.79 Å². The standard InChI is InChI=1S/C10H16N4O2/c1-13-3-2-12-9(10(13)15)14-4-5-16-8(6-11)7-14/h2-3,8H,4-7,11H2,1H3. The number of ether oxygens (including phenoxy) is 1. The van der Waals surface area contributed by atoms with Crippen molar-refractivity contribution in [3.05, 3.63) is 22.7 Å². The molecule has 0 bridgehead atoms. The number of hydrogen-bond acceptors (Lipinski definition) is 5. The number of nitrogens with two attached hydrogens (primary N) is 1. The van der Waals surface area contributed by atoms with Gasteiger partial charge in [0.05, 0.1) is 12.7 Å². The van der Waals surface area contributed by atoms with Gasteiger partial charge in [-0.25, -0.2) is 4.98 Å². The zero-order valence-corrected chi connectivity index (χ0v) is 9.30. The average molecular weight is 224 g/mol. The normalized spacial score (nSPS) is 21.1. The minimum Gasteiger partial charge on any atom is -0.373 e. The Balaban J connectivity index is 2.23. The maximum Gasteiger partial charge on any atom is 0.293 e. The van der Waals surface area contributed by atoms with Crippen LogP contribution >= 0.6 is 0 Å². The fourth-order valence-corrected chi connectivity index (χ4v) is 1.76. The first-order valence-electron chi connectivity index (χ1n) is 5.30. The summed E-state index contributed by atoms with van der Waals surface area (Å²) in [6.45, 7) is 2.36. The second-order valence-electron chi connectivity index (χ2n) is 3.84. The van der Waals surface area contributed by atoms with Crippen LogP contribution in [0.4, 0.5) is 5.82 Å². The van der Waals surface area contributed by atoms with E-state index in [1.165, 1.54) is 4.57 Å². The van der Waals surface area contributed by atoms with Gasteiger partial charge in [-0.1, -0.05) is 0 Å². The Morgan fingerprint density at radius 3 is 3.25 bits per heavy atom. The summed E-state index contributed by atoms with van der Waals surface area (Å²) in [5.41, 5.74) is 5.47. The van der Waals surface area contributed by atoms with Crippen molar-refractivity contribution < 1.29 is 4.74 Å². The summed E-state index contributed by atoms with van der Waals surface area (Å²) in [4.78, 5) is 17.9. The fourth-order valence-electron chi connectivity index (χ4n) is 1.76. The van der Waals surface area contributed by atoms with E-state index in [1.807, 2.05) is 4.90 Å². The molecule has 2 N–H and O–H groups in total. The third-order valence-corrected chi connectivity index (χ3v) is 2.70. The van der Waals surface area contributed by atoms with E-state index < -0.39 is 0 Å². The van der Waals surface area contributed by atoms with Gasteiger partial charge in [0.1, 0.15) is 0 Å². The van der Waals surface area contributed by atoms with E-state index >= 15 is 0 Å². The Morgan fingerprint density at radius 1 is 1.69 bits per heavy atom. The Kier molecular flexibility index (Phi) is 3.21. The first-order chi connectivity index (χ1) is 7.72. The van der Waals surface area contributed by atoms with Crippen LogP contribution < -0.4 is 16.2 Å². The molecule has 1 atom stereocenters. The molecule has 88 valence electrons. The molecule has 1 aliphatic heterocycles. The molecule has 1 aliphatic rings. The van der Waals surface area contributed by atoms with E-state index in [1.54, 1.807) is 19.4 Å². The number of morpholine rings is 1. The molecular weight excluding hydrogens is 208 g/mol. The number of hydrogen-bond donors (Lipinski definition) is 1. The highest BCUT2D eigenvalue weighted by Gasteiger charge is 2.22. The van der Waals surface area contributed by atoms with Crippen molar-refractivity contribution in [1.82, 2.24) is 9.55 Å². The monoisotopic (exact) mass is 224 g/mol. The van der Waals surface area contributed by atoms with Gasteiger partial charge in [-0.3, -0.25) is 4.79 Å². The van der Waals surface area contributed by atoms with Crippen LogP contribution in [-0.4, -0.2) is 41.9 Å². The van der Waals surface area contributed by atoms with Crippen molar-refractivity contribution in [2.24, 2.45) is 12.8 Å². The van der Waals surface area contributed by atoms with Crippen LogP contribution in [0.5, 0.6) is 0 Å². The summed E-state index contributed by atoms with van der Waals surface area (Å²) >= 11 is 0. The molecule has 6 nitrogen and oxygen atoms in total. The van der Waals surface area contributed by atoms with Crippen LogP contribution in [0, 0.1) is 0 Å². The van der Waals surface area contributed by atoms with Gasteiger partial charge < -0.3 is 19.9 Å². The van der Waals surface area contributed by atoms with Gasteiger partial charge in [0.15, 0.2) is 5.82 Å². The van der Waals surface area contributed by atoms with Crippen molar-refractivity contribution in [2.45, 2.75) is 6.10 Å². The van der Waals surface area contributed by atoms with Crippen molar-refractivity contribution in [2.75, 3.05) is 31.1 Å². The van der Waals surface area contributed by atoms with Crippen molar-refractivity contribution in [3.8, 4) is 0 Å². The lowest BCUT2D eigenvalue weighted by atomic mass is 10.3. The molecule has 6 heteroatoms. The maximum absolute atomic E-state index is 11.8. The molecular formula is C10H16N4O2. The molecule has 0 aliphatic carbocycles. The van der Waals surface area contributed by atoms with E-state index in [4.69, 9.17) is 10.5 Å². The summed E-state index contributed by atoms with van der Waals surface area (Å²) in [5.74, 6) is 0.478. The highest BCUT2D eigenvalue weighted by molar-refractivity contribution is 5.36. The summed E-state index contributed by atoms with van der Waals surface area (Å²) in [6.07, 6.45) is 3.26. The average Bonchev–Trinajstić information content (AvgIpc) is 2.33. The summed E-state index contributed by atoms with van der Waals surface area (Å²) in [6, 6.07) is 0. The first kappa shape index (κ1) is 11.1. The van der Waals surface area contributed by atoms with Crippen LogP contribution in [0.3, 0.4) is 0 Å². The van der Waals surface area contributed by atoms with Gasteiger partial charge in [-0.2, -0.15) is 0 Å². The number of aromatic nitrogens is 2. The second kappa shape index (κ2) is 4.63. The lowest BCUT2D eigenvalue weighted by molar-refractivity contribution is 0.0462. The molecule has 0 amide bonds. The van der Waals surface area contributed by atoms with Gasteiger partial charge in [0, 0.05) is 39.1 Å². The number of anilines is 1. The lowest BCUT2D eigenvalue weighted by Gasteiger charge is -2.32. The molecule has 16 heavy (non-hydrogen) atoms. The number of rotatable bonds is 2. The topological polar surface area (TPSA) is 73.4 Å². The second-order valence-corrected chi connectivity index (χ2v) is 3.84. The molecule has 1 fully saturated rings. The Hall–Kier alpha value is -1.40. The van der Waals surface area contributed by atoms with Crippen LogP contribution in [0.1, 0.15) is 0 Å². The number of nitrogens with zero attached hydrogens (tertiary/aromatic N) is 3. The largest absolute Gasteiger partial charge is 0.373 e. The quantitative estimate of drug-likeness (QED) is 0.693. The molecule has 0 aromatic carbocycles. The van der Waals surface area contributed by atoms with Crippen LogP contribution in [0.25, 0.3) is 0 Å². The highest BCUT2D eigenvalue weighted by atomic mass is 16.5. The van der Waals surface area contributed by atoms with Gasteiger partial charge in [0.2, 0.25) is 0 Å². The molecule has 0 spiro atoms. The van der Waals surface area contributed by atoms with E-state index in [0.29, 0.717) is 32.1 Å². The first-order valence-corrected chi connectivity index (χ1v) is 5.30. The summed E-state index contributed by atoms with van der Waals surface area (Å²) in [5, 5.41) is 0. The molecule has 1 aromatic heterocycles. The number of aryl methyl sites for hydroxylation is 1. The smallest absolute Gasteiger partial charge is 0.293 e. The Morgan fingerprint density at radius 2 is 2.50 bits per heavy atom. The Labute approximate surface area is 93.6 Å². The maximum atomic E-state index is 11.8. The van der Waals surface area contributed by atoms with Crippen molar-refractivity contribution in [1.29, 1.82) is 0 Å². The van der Waals surface area contributed by atoms with Gasteiger partial charge >= 0.3 is 0 Å². The van der Waals surface area contributed by atoms with Crippen LogP contribution in [0.15, 0.2) is 17.2 Å². The third kappa shape index (κ3) is 2.07. The van der Waals surface area contributed by atoms with Crippen LogP contribution in [-0.2, 0) is 11.8 Å². The molecule has 2 rings (SSSR count). The minimum absolute atomic E-state index is 0.0135. The molecule has 1 aromatic rings. The van der Waals surface area contributed by atoms with E-state index in [-0.39, 0.29) is 11.7 Å². The third-order valence-electron chi connectivity index (χ3n) is 2.70. The summed E-state index contributed by atoms with van der Waals surface area (Å²) < 4.78 is 6.97. The van der Waals surface area contributed by atoms with Gasteiger partial charge in [-0.15, -0.1) is 0 Å². The molecule has 1 unspecified atom stereocenters. The van der Waals surface area contributed by atoms with Crippen molar-refractivity contribution >= 4 is 5.82 Å². The molecule has 0 radical (unpaired) electrons. The van der Waals surface area contributed by atoms with Crippen LogP contribution in [0.2, 0.25) is 0 Å². The lowest BCUT2D eigenvalue weighted by Crippen LogP contribution is -2.48. The van der Waals surface area contributed by atoms with E-state index in [0.717, 1.165) is 0 Å². The molecule has 0 saturated carbocycles. The predicted molar refractivity (Wildman–Crippen MR) is 60.5 cm³/mol. The molecule has 1 saturated heterocycles. The fraction of sp³-hybridized carbons (Fsp3) is 0.600. The zero-order chi connectivity index (χ0) is 11.5. The minimum atomic E-state index is -0.0832. The molecule has 2 heterocycles. The Bertz CT molecular complexity index is 418. The zero-order valence-electron chi connectivity index (χ0n) is 9.30. The highest BCUT2D eigenvalue weighted by Crippen LogP contribution is 2.09. The van der Waals surface area contributed by atoms with Crippen molar-refractivity contribution in [3.63, 3.8) is 0 Å². The van der Waals surface area contributed by atoms with Gasteiger partial charge in [-0.05, 0) is 0 Å². The van der Waals surface area contributed by atoms with Gasteiger partial charge in [0.25, 0.3) is 5.56 Å².